The van der Waals surface area contributed by atoms with E-state index in [1.807, 2.05) is 54.6 Å². The standard InChI is InChI=1S/C37H24ClN3O/c38-29-18-19-30-33(22-29)42-32-13-7-12-31(34(30)32)37-40-35(25-10-5-2-6-11-25)39-36(41-37)27-17-15-24-14-16-26(20-28(24)21-27)23-8-3-1-4-9-23/h1-22,36H,(H,39,40,41). The third kappa shape index (κ3) is 4.33. The van der Waals surface area contributed by atoms with Gasteiger partial charge in [0.15, 0.2) is 6.17 Å². The molecule has 0 fully saturated rings. The molecule has 0 saturated carbocycles. The first kappa shape index (κ1) is 24.6. The van der Waals surface area contributed by atoms with Crippen molar-refractivity contribution in [2.45, 2.75) is 6.17 Å². The fraction of sp³-hybridized carbons (Fsp3) is 0.0270. The molecule has 1 N–H and O–H groups in total. The fourth-order valence-electron chi connectivity index (χ4n) is 5.71. The van der Waals surface area contributed by atoms with Crippen LogP contribution in [0.1, 0.15) is 22.9 Å². The van der Waals surface area contributed by atoms with Crippen LogP contribution in [0.2, 0.25) is 5.02 Å². The number of hydrogen-bond donors (Lipinski definition) is 1. The average molecular weight is 562 g/mol. The Morgan fingerprint density at radius 1 is 0.571 bits per heavy atom. The largest absolute Gasteiger partial charge is 0.456 e. The normalized spacial score (nSPS) is 15.0. The summed E-state index contributed by atoms with van der Waals surface area (Å²) in [4.78, 5) is 10.3. The van der Waals surface area contributed by atoms with Gasteiger partial charge in [-0.1, -0.05) is 109 Å². The zero-order valence-corrected chi connectivity index (χ0v) is 23.2. The summed E-state index contributed by atoms with van der Waals surface area (Å²) in [6.45, 7) is 0. The number of nitrogens with one attached hydrogen (secondary N) is 1. The van der Waals surface area contributed by atoms with E-state index in [4.69, 9.17) is 26.0 Å². The number of nitrogens with zero attached hydrogens (tertiary/aromatic N) is 2. The predicted octanol–water partition coefficient (Wildman–Crippen LogP) is 9.55. The molecule has 4 nitrogen and oxygen atoms in total. The van der Waals surface area contributed by atoms with Gasteiger partial charge in [0.25, 0.3) is 0 Å². The molecule has 7 aromatic rings. The second-order valence-corrected chi connectivity index (χ2v) is 10.9. The molecule has 1 atom stereocenters. The molecule has 0 spiro atoms. The number of aliphatic imine (C=N–C) groups is 2. The van der Waals surface area contributed by atoms with Crippen molar-refractivity contribution in [3.8, 4) is 11.1 Å². The Morgan fingerprint density at radius 3 is 2.17 bits per heavy atom. The van der Waals surface area contributed by atoms with Gasteiger partial charge in [-0.3, -0.25) is 0 Å². The van der Waals surface area contributed by atoms with Crippen molar-refractivity contribution in [2.75, 3.05) is 0 Å². The van der Waals surface area contributed by atoms with Crippen LogP contribution in [-0.2, 0) is 0 Å². The summed E-state index contributed by atoms with van der Waals surface area (Å²) in [6.07, 6.45) is -0.427. The summed E-state index contributed by atoms with van der Waals surface area (Å²) >= 11 is 6.28. The van der Waals surface area contributed by atoms with E-state index in [0.717, 1.165) is 55.7 Å². The minimum atomic E-state index is -0.427. The Hall–Kier alpha value is -5.19. The second-order valence-electron chi connectivity index (χ2n) is 10.4. The van der Waals surface area contributed by atoms with Gasteiger partial charge in [-0.15, -0.1) is 0 Å². The maximum atomic E-state index is 6.28. The smallest absolute Gasteiger partial charge is 0.169 e. The van der Waals surface area contributed by atoms with Gasteiger partial charge in [-0.05, 0) is 57.8 Å². The molecule has 0 amide bonds. The third-order valence-corrected chi connectivity index (χ3v) is 8.01. The average Bonchev–Trinajstić information content (AvgIpc) is 3.42. The summed E-state index contributed by atoms with van der Waals surface area (Å²) in [5.74, 6) is 1.52. The van der Waals surface area contributed by atoms with Gasteiger partial charge < -0.3 is 9.73 Å². The molecule has 200 valence electrons. The zero-order valence-electron chi connectivity index (χ0n) is 22.5. The lowest BCUT2D eigenvalue weighted by Gasteiger charge is -2.23. The van der Waals surface area contributed by atoms with Crippen LogP contribution in [0.5, 0.6) is 0 Å². The summed E-state index contributed by atoms with van der Waals surface area (Å²) < 4.78 is 6.19. The molecule has 42 heavy (non-hydrogen) atoms. The van der Waals surface area contributed by atoms with Crippen LogP contribution in [0.4, 0.5) is 0 Å². The van der Waals surface area contributed by atoms with Crippen molar-refractivity contribution >= 4 is 56.0 Å². The van der Waals surface area contributed by atoms with E-state index in [2.05, 4.69) is 84.2 Å². The highest BCUT2D eigenvalue weighted by molar-refractivity contribution is 6.32. The number of benzene rings is 6. The SMILES string of the molecule is Clc1ccc2c(c1)oc1cccc(C3=NC(c4ccc5ccc(-c6ccccc6)cc5c4)N=C(c4ccccc4)N3)c12. The van der Waals surface area contributed by atoms with E-state index in [-0.39, 0.29) is 0 Å². The molecule has 1 aliphatic heterocycles. The molecule has 5 heteroatoms. The minimum Gasteiger partial charge on any atom is -0.456 e. The van der Waals surface area contributed by atoms with Gasteiger partial charge in [0.2, 0.25) is 0 Å². The first-order chi connectivity index (χ1) is 20.7. The van der Waals surface area contributed by atoms with Gasteiger partial charge in [0, 0.05) is 33.0 Å². The number of hydrogen-bond acceptors (Lipinski definition) is 4. The van der Waals surface area contributed by atoms with Crippen LogP contribution in [0.25, 0.3) is 43.8 Å². The molecule has 0 radical (unpaired) electrons. The number of amidine groups is 2. The Morgan fingerprint density at radius 2 is 1.33 bits per heavy atom. The van der Waals surface area contributed by atoms with E-state index in [1.54, 1.807) is 0 Å². The van der Waals surface area contributed by atoms with Crippen molar-refractivity contribution in [3.63, 3.8) is 0 Å². The second kappa shape index (κ2) is 10.0. The maximum absolute atomic E-state index is 6.28. The summed E-state index contributed by atoms with van der Waals surface area (Å²) in [6, 6.07) is 45.5. The van der Waals surface area contributed by atoms with E-state index in [1.165, 1.54) is 16.5 Å². The lowest BCUT2D eigenvalue weighted by molar-refractivity contribution is 0.669. The number of rotatable bonds is 4. The van der Waals surface area contributed by atoms with E-state index < -0.39 is 6.17 Å². The molecule has 0 aliphatic carbocycles. The predicted molar refractivity (Wildman–Crippen MR) is 174 cm³/mol. The number of fused-ring (bicyclic) bond motifs is 4. The molecule has 0 bridgehead atoms. The van der Waals surface area contributed by atoms with Crippen LogP contribution < -0.4 is 5.32 Å². The summed E-state index contributed by atoms with van der Waals surface area (Å²) in [7, 11) is 0. The van der Waals surface area contributed by atoms with Gasteiger partial charge in [0.1, 0.15) is 22.8 Å². The molecule has 0 saturated heterocycles. The summed E-state index contributed by atoms with van der Waals surface area (Å²) in [5.41, 5.74) is 6.88. The van der Waals surface area contributed by atoms with Crippen LogP contribution >= 0.6 is 11.6 Å². The lowest BCUT2D eigenvalue weighted by Crippen LogP contribution is -2.36. The van der Waals surface area contributed by atoms with E-state index in [9.17, 15) is 0 Å². The Bertz CT molecular complexity index is 2180. The van der Waals surface area contributed by atoms with Crippen LogP contribution in [0, 0.1) is 0 Å². The molecule has 1 aliphatic rings. The zero-order chi connectivity index (χ0) is 28.0. The molecule has 8 rings (SSSR count). The Labute approximate surface area is 247 Å². The first-order valence-electron chi connectivity index (χ1n) is 13.9. The van der Waals surface area contributed by atoms with Crippen molar-refractivity contribution in [1.29, 1.82) is 0 Å². The highest BCUT2D eigenvalue weighted by Gasteiger charge is 2.23. The van der Waals surface area contributed by atoms with E-state index >= 15 is 0 Å². The topological polar surface area (TPSA) is 49.9 Å². The summed E-state index contributed by atoms with van der Waals surface area (Å²) in [5, 5.41) is 8.50. The highest BCUT2D eigenvalue weighted by Crippen LogP contribution is 2.35. The van der Waals surface area contributed by atoms with Crippen LogP contribution in [-0.4, -0.2) is 11.7 Å². The fourth-order valence-corrected chi connectivity index (χ4v) is 5.87. The van der Waals surface area contributed by atoms with Crippen molar-refractivity contribution < 1.29 is 4.42 Å². The monoisotopic (exact) mass is 561 g/mol. The van der Waals surface area contributed by atoms with Gasteiger partial charge >= 0.3 is 0 Å². The molecule has 1 aromatic heterocycles. The van der Waals surface area contributed by atoms with Crippen LogP contribution in [0.15, 0.2) is 148 Å². The van der Waals surface area contributed by atoms with Crippen LogP contribution in [0.3, 0.4) is 0 Å². The molecule has 1 unspecified atom stereocenters. The molecule has 6 aromatic carbocycles. The molecular formula is C37H24ClN3O. The maximum Gasteiger partial charge on any atom is 0.169 e. The molecule has 2 heterocycles. The number of halogens is 1. The Kier molecular flexibility index (Phi) is 5.87. The number of furan rings is 1. The first-order valence-corrected chi connectivity index (χ1v) is 14.3. The van der Waals surface area contributed by atoms with Crippen molar-refractivity contribution in [2.24, 2.45) is 9.98 Å². The van der Waals surface area contributed by atoms with Gasteiger partial charge in [-0.25, -0.2) is 9.98 Å². The minimum absolute atomic E-state index is 0.427. The lowest BCUT2D eigenvalue weighted by atomic mass is 9.99. The van der Waals surface area contributed by atoms with Gasteiger partial charge in [-0.2, -0.15) is 0 Å². The van der Waals surface area contributed by atoms with E-state index in [0.29, 0.717) is 5.02 Å². The third-order valence-electron chi connectivity index (χ3n) is 7.77. The van der Waals surface area contributed by atoms with Crippen molar-refractivity contribution in [1.82, 2.24) is 5.32 Å². The quantitative estimate of drug-likeness (QED) is 0.232. The Balaban J connectivity index is 1.29. The molecular weight excluding hydrogens is 538 g/mol. The van der Waals surface area contributed by atoms with Gasteiger partial charge in [0.05, 0.1) is 0 Å². The van der Waals surface area contributed by atoms with Crippen molar-refractivity contribution in [3.05, 3.63) is 155 Å². The highest BCUT2D eigenvalue weighted by atomic mass is 35.5.